The lowest BCUT2D eigenvalue weighted by molar-refractivity contribution is 0.0976. The van der Waals surface area contributed by atoms with Crippen LogP contribution in [0.1, 0.15) is 31.1 Å². The normalized spacial score (nSPS) is 10.7. The fourth-order valence-electron chi connectivity index (χ4n) is 3.51. The number of oxazole rings is 1. The maximum absolute atomic E-state index is 13.0. The molecule has 1 amide bonds. The minimum absolute atomic E-state index is 0.120. The molecule has 0 atom stereocenters. The van der Waals surface area contributed by atoms with Crippen molar-refractivity contribution in [2.45, 2.75) is 20.8 Å². The Bertz CT molecular complexity index is 1410. The number of nitrogens with one attached hydrogen (secondary N) is 2. The third-order valence-electron chi connectivity index (χ3n) is 5.00. The van der Waals surface area contributed by atoms with E-state index in [0.29, 0.717) is 65.3 Å². The van der Waals surface area contributed by atoms with E-state index in [1.165, 1.54) is 0 Å². The van der Waals surface area contributed by atoms with Crippen LogP contribution in [0.15, 0.2) is 57.7 Å². The van der Waals surface area contributed by atoms with Gasteiger partial charge in [0.15, 0.2) is 22.2 Å². The van der Waals surface area contributed by atoms with E-state index in [0.717, 1.165) is 10.0 Å². The highest BCUT2D eigenvalue weighted by Crippen LogP contribution is 2.39. The van der Waals surface area contributed by atoms with E-state index in [-0.39, 0.29) is 5.11 Å². The number of hydrogen-bond acceptors (Lipinski definition) is 8. The number of rotatable bonds is 9. The van der Waals surface area contributed by atoms with Crippen molar-refractivity contribution in [1.29, 1.82) is 0 Å². The summed E-state index contributed by atoms with van der Waals surface area (Å²) in [5.74, 6) is 1.33. The molecule has 4 rings (SSSR count). The van der Waals surface area contributed by atoms with Gasteiger partial charge in [-0.15, -0.1) is 0 Å². The molecule has 0 unspecified atom stereocenters. The summed E-state index contributed by atoms with van der Waals surface area (Å²) in [5, 5.41) is 5.83. The van der Waals surface area contributed by atoms with Crippen LogP contribution < -0.4 is 24.8 Å². The van der Waals surface area contributed by atoms with Gasteiger partial charge in [-0.1, -0.05) is 0 Å². The van der Waals surface area contributed by atoms with Crippen LogP contribution in [0.5, 0.6) is 17.2 Å². The molecule has 0 aliphatic carbocycles. The van der Waals surface area contributed by atoms with Gasteiger partial charge >= 0.3 is 0 Å². The van der Waals surface area contributed by atoms with Crippen molar-refractivity contribution in [3.63, 3.8) is 0 Å². The highest BCUT2D eigenvalue weighted by Gasteiger charge is 2.19. The number of amides is 1. The van der Waals surface area contributed by atoms with Crippen molar-refractivity contribution in [1.82, 2.24) is 15.3 Å². The predicted octanol–water partition coefficient (Wildman–Crippen LogP) is 5.98. The third kappa shape index (κ3) is 6.36. The standard InChI is InChI=1S/C26H25BrN4O5S/c1-4-33-21-10-15(11-22(34-5-2)23(21)35-6-3)24(32)31-26(37)29-18-7-8-20-19(12-18)30-25(36-20)16-9-17(27)14-28-13-16/h7-14H,4-6H2,1-3H3,(H2,29,31,32,37). The molecule has 0 saturated carbocycles. The van der Waals surface area contributed by atoms with Gasteiger partial charge in [-0.05, 0) is 85.3 Å². The number of fused-ring (bicyclic) bond motifs is 1. The number of hydrogen-bond donors (Lipinski definition) is 2. The highest BCUT2D eigenvalue weighted by molar-refractivity contribution is 9.10. The summed E-state index contributed by atoms with van der Waals surface area (Å²) in [7, 11) is 0. The van der Waals surface area contributed by atoms with Gasteiger partial charge in [-0.25, -0.2) is 4.98 Å². The highest BCUT2D eigenvalue weighted by atomic mass is 79.9. The molecular weight excluding hydrogens is 560 g/mol. The number of anilines is 1. The summed E-state index contributed by atoms with van der Waals surface area (Å²) in [5.41, 5.74) is 2.94. The van der Waals surface area contributed by atoms with Gasteiger partial charge in [0.05, 0.1) is 25.4 Å². The fraction of sp³-hybridized carbons (Fsp3) is 0.231. The van der Waals surface area contributed by atoms with Crippen LogP contribution in [-0.2, 0) is 0 Å². The van der Waals surface area contributed by atoms with E-state index in [1.54, 1.807) is 42.7 Å². The first kappa shape index (κ1) is 26.4. The van der Waals surface area contributed by atoms with Gasteiger partial charge < -0.3 is 23.9 Å². The Morgan fingerprint density at radius 2 is 1.70 bits per heavy atom. The van der Waals surface area contributed by atoms with Gasteiger partial charge in [0, 0.05) is 28.1 Å². The van der Waals surface area contributed by atoms with Crippen molar-refractivity contribution in [3.05, 3.63) is 58.8 Å². The SMILES string of the molecule is CCOc1cc(C(=O)NC(=S)Nc2ccc3oc(-c4cncc(Br)c4)nc3c2)cc(OCC)c1OCC. The number of carbonyl (C=O) groups is 1. The molecule has 37 heavy (non-hydrogen) atoms. The van der Waals surface area contributed by atoms with Gasteiger partial charge in [0.2, 0.25) is 11.6 Å². The van der Waals surface area contributed by atoms with E-state index >= 15 is 0 Å². The number of nitrogens with zero attached hydrogens (tertiary/aromatic N) is 2. The Balaban J connectivity index is 1.50. The number of halogens is 1. The molecule has 192 valence electrons. The number of ether oxygens (including phenoxy) is 3. The Morgan fingerprint density at radius 1 is 1.00 bits per heavy atom. The molecule has 0 fully saturated rings. The van der Waals surface area contributed by atoms with Gasteiger partial charge in [-0.3, -0.25) is 15.1 Å². The van der Waals surface area contributed by atoms with E-state index in [9.17, 15) is 4.79 Å². The lowest BCUT2D eigenvalue weighted by Gasteiger charge is -2.17. The average Bonchev–Trinajstić information content (AvgIpc) is 3.29. The Kier molecular flexibility index (Phi) is 8.57. The van der Waals surface area contributed by atoms with E-state index in [4.69, 9.17) is 30.8 Å². The summed E-state index contributed by atoms with van der Waals surface area (Å²) < 4.78 is 23.8. The molecule has 0 aliphatic heterocycles. The van der Waals surface area contributed by atoms with Crippen LogP contribution in [0.3, 0.4) is 0 Å². The first-order valence-electron chi connectivity index (χ1n) is 11.6. The first-order chi connectivity index (χ1) is 17.9. The Labute approximate surface area is 227 Å². The predicted molar refractivity (Wildman–Crippen MR) is 149 cm³/mol. The molecule has 0 bridgehead atoms. The maximum Gasteiger partial charge on any atom is 0.257 e. The molecule has 0 saturated heterocycles. The molecule has 2 heterocycles. The average molecular weight is 585 g/mol. The lowest BCUT2D eigenvalue weighted by Crippen LogP contribution is -2.34. The van der Waals surface area contributed by atoms with Gasteiger partial charge in [0.25, 0.3) is 5.91 Å². The number of aromatic nitrogens is 2. The third-order valence-corrected chi connectivity index (χ3v) is 5.63. The zero-order chi connectivity index (χ0) is 26.4. The summed E-state index contributed by atoms with van der Waals surface area (Å²) >= 11 is 8.78. The molecule has 0 spiro atoms. The van der Waals surface area contributed by atoms with Gasteiger partial charge in [-0.2, -0.15) is 0 Å². The van der Waals surface area contributed by atoms with Crippen LogP contribution >= 0.6 is 28.1 Å². The van der Waals surface area contributed by atoms with Crippen molar-refractivity contribution in [3.8, 4) is 28.7 Å². The quantitative estimate of drug-likeness (QED) is 0.230. The molecule has 2 aromatic carbocycles. The Morgan fingerprint density at radius 3 is 2.35 bits per heavy atom. The molecule has 2 N–H and O–H groups in total. The van der Waals surface area contributed by atoms with Crippen LogP contribution in [0.2, 0.25) is 0 Å². The number of benzene rings is 2. The summed E-state index contributed by atoms with van der Waals surface area (Å²) in [6, 6.07) is 10.4. The maximum atomic E-state index is 13.0. The second-order valence-electron chi connectivity index (χ2n) is 7.60. The van der Waals surface area contributed by atoms with Crippen LogP contribution in [-0.4, -0.2) is 40.8 Å². The van der Waals surface area contributed by atoms with Gasteiger partial charge in [0.1, 0.15) is 5.52 Å². The molecule has 0 radical (unpaired) electrons. The van der Waals surface area contributed by atoms with Crippen molar-refractivity contribution < 1.29 is 23.4 Å². The van der Waals surface area contributed by atoms with E-state index in [1.807, 2.05) is 26.8 Å². The lowest BCUT2D eigenvalue weighted by atomic mass is 10.1. The van der Waals surface area contributed by atoms with Crippen LogP contribution in [0.4, 0.5) is 5.69 Å². The molecule has 2 aromatic heterocycles. The van der Waals surface area contributed by atoms with Crippen LogP contribution in [0.25, 0.3) is 22.6 Å². The molecule has 0 aliphatic rings. The monoisotopic (exact) mass is 584 g/mol. The summed E-state index contributed by atoms with van der Waals surface area (Å²) in [6.07, 6.45) is 3.36. The van der Waals surface area contributed by atoms with E-state index in [2.05, 4.69) is 36.5 Å². The number of pyridine rings is 1. The van der Waals surface area contributed by atoms with Crippen molar-refractivity contribution in [2.24, 2.45) is 0 Å². The molecule has 4 aromatic rings. The fourth-order valence-corrected chi connectivity index (χ4v) is 4.09. The second-order valence-corrected chi connectivity index (χ2v) is 8.93. The minimum Gasteiger partial charge on any atom is -0.490 e. The molecule has 11 heteroatoms. The largest absolute Gasteiger partial charge is 0.490 e. The summed E-state index contributed by atoms with van der Waals surface area (Å²) in [4.78, 5) is 21.7. The smallest absolute Gasteiger partial charge is 0.257 e. The number of thiocarbonyl (C=S) groups is 1. The summed E-state index contributed by atoms with van der Waals surface area (Å²) in [6.45, 7) is 6.81. The molecular formula is C26H25BrN4O5S. The topological polar surface area (TPSA) is 108 Å². The van der Waals surface area contributed by atoms with E-state index < -0.39 is 5.91 Å². The second kappa shape index (κ2) is 12.0. The van der Waals surface area contributed by atoms with Crippen molar-refractivity contribution in [2.75, 3.05) is 25.1 Å². The molecule has 9 nitrogen and oxygen atoms in total. The van der Waals surface area contributed by atoms with Crippen LogP contribution in [0, 0.1) is 0 Å². The Hall–Kier alpha value is -3.70. The number of carbonyl (C=O) groups excluding carboxylic acids is 1. The van der Waals surface area contributed by atoms with Crippen molar-refractivity contribution >= 4 is 56.0 Å². The zero-order valence-electron chi connectivity index (χ0n) is 20.5. The minimum atomic E-state index is -0.422. The zero-order valence-corrected chi connectivity index (χ0v) is 22.9. The first-order valence-corrected chi connectivity index (χ1v) is 12.8.